The number of allylic oxidation sites excluding steroid dienone is 1. The van der Waals surface area contributed by atoms with Gasteiger partial charge in [0.15, 0.2) is 0 Å². The first-order chi connectivity index (χ1) is 7.74. The summed E-state index contributed by atoms with van der Waals surface area (Å²) < 4.78 is 5.88. The lowest BCUT2D eigenvalue weighted by Crippen LogP contribution is -1.87. The van der Waals surface area contributed by atoms with E-state index in [1.165, 1.54) is 10.9 Å². The lowest BCUT2D eigenvalue weighted by atomic mass is 9.99. The molecule has 1 aromatic heterocycles. The van der Waals surface area contributed by atoms with Crippen LogP contribution in [-0.4, -0.2) is 0 Å². The zero-order valence-corrected chi connectivity index (χ0v) is 10.2. The van der Waals surface area contributed by atoms with Gasteiger partial charge in [-0.15, -0.1) is 0 Å². The van der Waals surface area contributed by atoms with Gasteiger partial charge >= 0.3 is 0 Å². The quantitative estimate of drug-likeness (QED) is 0.702. The molecule has 0 bridgehead atoms. The van der Waals surface area contributed by atoms with Crippen molar-refractivity contribution in [1.82, 2.24) is 0 Å². The third-order valence-electron chi connectivity index (χ3n) is 2.74. The largest absolute Gasteiger partial charge is 0.456 e. The maximum absolute atomic E-state index is 5.88. The van der Waals surface area contributed by atoms with E-state index in [0.717, 1.165) is 17.8 Å². The van der Waals surface area contributed by atoms with Gasteiger partial charge in [-0.25, -0.2) is 0 Å². The summed E-state index contributed by atoms with van der Waals surface area (Å²) in [6.45, 7) is 6.55. The van der Waals surface area contributed by atoms with Crippen molar-refractivity contribution in [1.29, 1.82) is 0 Å². The lowest BCUT2D eigenvalue weighted by Gasteiger charge is -2.03. The zero-order chi connectivity index (χ0) is 11.5. The summed E-state index contributed by atoms with van der Waals surface area (Å²) in [6.07, 6.45) is 5.27. The van der Waals surface area contributed by atoms with E-state index >= 15 is 0 Å². The average Bonchev–Trinajstić information content (AvgIpc) is 2.64. The normalized spacial score (nSPS) is 12.0. The van der Waals surface area contributed by atoms with Gasteiger partial charge < -0.3 is 4.42 Å². The second kappa shape index (κ2) is 4.56. The number of furan rings is 1. The molecule has 16 heavy (non-hydrogen) atoms. The Balaban J connectivity index is 2.63. The predicted octanol–water partition coefficient (Wildman–Crippen LogP) is 4.98. The summed E-state index contributed by atoms with van der Waals surface area (Å²) in [5.74, 6) is 1.50. The molecule has 1 aromatic carbocycles. The molecule has 0 aliphatic heterocycles. The number of benzene rings is 1. The smallest absolute Gasteiger partial charge is 0.135 e. The average molecular weight is 214 g/mol. The highest BCUT2D eigenvalue weighted by Crippen LogP contribution is 2.32. The molecule has 0 saturated carbocycles. The van der Waals surface area contributed by atoms with Crippen LogP contribution < -0.4 is 0 Å². The Kier molecular flexibility index (Phi) is 3.14. The van der Waals surface area contributed by atoms with Gasteiger partial charge in [-0.05, 0) is 24.5 Å². The Hall–Kier alpha value is -1.50. The summed E-state index contributed by atoms with van der Waals surface area (Å²) in [5, 5.41) is 1.24. The Morgan fingerprint density at radius 2 is 2.00 bits per heavy atom. The molecule has 0 atom stereocenters. The summed E-state index contributed by atoms with van der Waals surface area (Å²) in [5.41, 5.74) is 2.31. The van der Waals surface area contributed by atoms with E-state index in [2.05, 4.69) is 45.1 Å². The number of hydrogen-bond acceptors (Lipinski definition) is 1. The van der Waals surface area contributed by atoms with Crippen LogP contribution in [0, 0.1) is 0 Å². The summed E-state index contributed by atoms with van der Waals surface area (Å²) in [7, 11) is 0. The molecule has 0 N–H and O–H groups in total. The molecule has 84 valence electrons. The van der Waals surface area contributed by atoms with Crippen LogP contribution in [0.15, 0.2) is 34.8 Å². The van der Waals surface area contributed by atoms with E-state index in [1.54, 1.807) is 0 Å². The zero-order valence-electron chi connectivity index (χ0n) is 10.2. The Morgan fingerprint density at radius 3 is 2.69 bits per heavy atom. The molecule has 2 rings (SSSR count). The molecule has 0 amide bonds. The van der Waals surface area contributed by atoms with Crippen LogP contribution in [0.1, 0.15) is 44.4 Å². The molecular formula is C15H18O. The molecule has 1 nitrogen and oxygen atoms in total. The van der Waals surface area contributed by atoms with Crippen LogP contribution in [0.25, 0.3) is 17.0 Å². The van der Waals surface area contributed by atoms with Gasteiger partial charge in [0.2, 0.25) is 0 Å². The van der Waals surface area contributed by atoms with Crippen molar-refractivity contribution in [3.8, 4) is 0 Å². The Morgan fingerprint density at radius 1 is 1.25 bits per heavy atom. The standard InChI is InChI=1S/C15H18O/c1-4-5-9-14-15(11(2)3)12-8-6-7-10-13(12)16-14/h5-11H,4H2,1-3H3/b9-5-. The highest BCUT2D eigenvalue weighted by Gasteiger charge is 2.14. The summed E-state index contributed by atoms with van der Waals surface area (Å²) in [6, 6.07) is 8.25. The summed E-state index contributed by atoms with van der Waals surface area (Å²) >= 11 is 0. The fraction of sp³-hybridized carbons (Fsp3) is 0.333. The minimum absolute atomic E-state index is 0.486. The van der Waals surface area contributed by atoms with Crippen molar-refractivity contribution in [2.45, 2.75) is 33.1 Å². The molecule has 2 aromatic rings. The molecule has 0 fully saturated rings. The van der Waals surface area contributed by atoms with Crippen LogP contribution in [0.3, 0.4) is 0 Å². The van der Waals surface area contributed by atoms with Crippen LogP contribution >= 0.6 is 0 Å². The van der Waals surface area contributed by atoms with E-state index in [4.69, 9.17) is 4.42 Å². The van der Waals surface area contributed by atoms with E-state index < -0.39 is 0 Å². The van der Waals surface area contributed by atoms with Crippen molar-refractivity contribution in [2.75, 3.05) is 0 Å². The van der Waals surface area contributed by atoms with E-state index in [-0.39, 0.29) is 0 Å². The number of para-hydroxylation sites is 1. The van der Waals surface area contributed by atoms with Gasteiger partial charge in [0, 0.05) is 10.9 Å². The Bertz CT molecular complexity index is 503. The minimum Gasteiger partial charge on any atom is -0.456 e. The minimum atomic E-state index is 0.486. The van der Waals surface area contributed by atoms with E-state index in [1.807, 2.05) is 12.1 Å². The Labute approximate surface area is 96.8 Å². The summed E-state index contributed by atoms with van der Waals surface area (Å²) in [4.78, 5) is 0. The van der Waals surface area contributed by atoms with Crippen molar-refractivity contribution < 1.29 is 4.42 Å². The molecule has 0 unspecified atom stereocenters. The predicted molar refractivity (Wildman–Crippen MR) is 69.6 cm³/mol. The fourth-order valence-electron chi connectivity index (χ4n) is 2.03. The maximum atomic E-state index is 5.88. The van der Waals surface area contributed by atoms with Crippen LogP contribution in [-0.2, 0) is 0 Å². The van der Waals surface area contributed by atoms with Crippen molar-refractivity contribution in [2.24, 2.45) is 0 Å². The second-order valence-corrected chi connectivity index (χ2v) is 4.34. The molecule has 0 aliphatic carbocycles. The van der Waals surface area contributed by atoms with E-state index in [9.17, 15) is 0 Å². The van der Waals surface area contributed by atoms with Crippen LogP contribution in [0.2, 0.25) is 0 Å². The van der Waals surface area contributed by atoms with Crippen LogP contribution in [0.5, 0.6) is 0 Å². The SMILES string of the molecule is CC/C=C\c1oc2ccccc2c1C(C)C. The highest BCUT2D eigenvalue weighted by molar-refractivity contribution is 5.85. The van der Waals surface area contributed by atoms with E-state index in [0.29, 0.717) is 5.92 Å². The number of rotatable bonds is 3. The first-order valence-electron chi connectivity index (χ1n) is 5.92. The monoisotopic (exact) mass is 214 g/mol. The number of hydrogen-bond donors (Lipinski definition) is 0. The molecule has 1 heterocycles. The molecular weight excluding hydrogens is 196 g/mol. The van der Waals surface area contributed by atoms with Gasteiger partial charge in [0.05, 0.1) is 0 Å². The van der Waals surface area contributed by atoms with Gasteiger partial charge in [-0.2, -0.15) is 0 Å². The lowest BCUT2D eigenvalue weighted by molar-refractivity contribution is 0.594. The van der Waals surface area contributed by atoms with Gasteiger partial charge in [-0.1, -0.05) is 45.0 Å². The van der Waals surface area contributed by atoms with Gasteiger partial charge in [0.25, 0.3) is 0 Å². The van der Waals surface area contributed by atoms with Gasteiger partial charge in [0.1, 0.15) is 11.3 Å². The molecule has 0 saturated heterocycles. The topological polar surface area (TPSA) is 13.1 Å². The molecule has 1 heteroatoms. The van der Waals surface area contributed by atoms with Gasteiger partial charge in [-0.3, -0.25) is 0 Å². The first-order valence-corrected chi connectivity index (χ1v) is 5.92. The third-order valence-corrected chi connectivity index (χ3v) is 2.74. The van der Waals surface area contributed by atoms with Crippen molar-refractivity contribution in [3.63, 3.8) is 0 Å². The number of fused-ring (bicyclic) bond motifs is 1. The van der Waals surface area contributed by atoms with Crippen LogP contribution in [0.4, 0.5) is 0 Å². The van der Waals surface area contributed by atoms with Crippen molar-refractivity contribution in [3.05, 3.63) is 41.7 Å². The molecule has 0 spiro atoms. The third kappa shape index (κ3) is 1.90. The second-order valence-electron chi connectivity index (χ2n) is 4.34. The first kappa shape index (κ1) is 11.0. The fourth-order valence-corrected chi connectivity index (χ4v) is 2.03. The molecule has 0 aliphatic rings. The maximum Gasteiger partial charge on any atom is 0.135 e. The molecule has 0 radical (unpaired) electrons. The highest BCUT2D eigenvalue weighted by atomic mass is 16.3. The van der Waals surface area contributed by atoms with Crippen molar-refractivity contribution >= 4 is 17.0 Å².